The number of nitrogens with zero attached hydrogens (tertiary/aromatic N) is 4. The number of hydrogen-bond donors (Lipinski definition) is 1. The van der Waals surface area contributed by atoms with E-state index in [0.717, 1.165) is 46.8 Å². The van der Waals surface area contributed by atoms with Crippen molar-refractivity contribution in [1.29, 1.82) is 0 Å². The molecule has 5 rings (SSSR count). The fraction of sp³-hybridized carbons (Fsp3) is 0.105. The van der Waals surface area contributed by atoms with E-state index in [1.807, 2.05) is 24.4 Å². The van der Waals surface area contributed by atoms with Crippen LogP contribution in [0.1, 0.15) is 23.4 Å². The molecule has 4 aromatic heterocycles. The third kappa shape index (κ3) is 2.30. The lowest BCUT2D eigenvalue weighted by Crippen LogP contribution is -1.99. The van der Waals surface area contributed by atoms with E-state index in [1.54, 1.807) is 12.4 Å². The highest BCUT2D eigenvalue weighted by atomic mass is 16.4. The Morgan fingerprint density at radius 2 is 1.92 bits per heavy atom. The lowest BCUT2D eigenvalue weighted by Gasteiger charge is -2.12. The van der Waals surface area contributed by atoms with Crippen LogP contribution < -0.4 is 5.73 Å². The first-order valence-electron chi connectivity index (χ1n) is 8.11. The van der Waals surface area contributed by atoms with E-state index in [2.05, 4.69) is 37.7 Å². The second kappa shape index (κ2) is 5.31. The number of nitrogen functional groups attached to an aromatic ring is 1. The van der Waals surface area contributed by atoms with Crippen LogP contribution in [-0.4, -0.2) is 19.4 Å². The molecule has 6 heteroatoms. The molecule has 4 heterocycles. The summed E-state index contributed by atoms with van der Waals surface area (Å²) in [4.78, 5) is 12.8. The van der Waals surface area contributed by atoms with Gasteiger partial charge >= 0.3 is 0 Å². The van der Waals surface area contributed by atoms with Crippen molar-refractivity contribution in [2.45, 2.75) is 12.8 Å². The first kappa shape index (κ1) is 14.0. The molecule has 0 atom stereocenters. The van der Waals surface area contributed by atoms with Gasteiger partial charge in [0.05, 0.1) is 11.9 Å². The molecule has 0 aliphatic heterocycles. The van der Waals surface area contributed by atoms with Gasteiger partial charge in [0, 0.05) is 30.6 Å². The zero-order valence-electron chi connectivity index (χ0n) is 13.4. The molecule has 122 valence electrons. The van der Waals surface area contributed by atoms with Gasteiger partial charge in [0.1, 0.15) is 17.1 Å². The quantitative estimate of drug-likeness (QED) is 0.609. The zero-order chi connectivity index (χ0) is 16.8. The summed E-state index contributed by atoms with van der Waals surface area (Å²) in [6, 6.07) is 8.33. The second-order valence-electron chi connectivity index (χ2n) is 6.06. The predicted molar refractivity (Wildman–Crippen MR) is 95.5 cm³/mol. The third-order valence-electron chi connectivity index (χ3n) is 4.53. The van der Waals surface area contributed by atoms with Crippen LogP contribution in [0.25, 0.3) is 28.6 Å². The van der Waals surface area contributed by atoms with Crippen LogP contribution in [0.3, 0.4) is 0 Å². The molecular weight excluding hydrogens is 314 g/mol. The molecule has 4 aromatic rings. The fourth-order valence-electron chi connectivity index (χ4n) is 3.29. The number of nitrogens with two attached hydrogens (primary N) is 1. The van der Waals surface area contributed by atoms with Gasteiger partial charge in [-0.15, -0.1) is 0 Å². The molecule has 0 fully saturated rings. The standard InChI is InChI=1S/C19H15N5O/c20-19-23-15-9-13(1-3-17(15)25-19)14-2-4-18-22-10-16(24(18)11-14)12-5-7-21-8-6-12/h2,4-11H,1,3H2,(H2,20,23). The summed E-state index contributed by atoms with van der Waals surface area (Å²) in [6.07, 6.45) is 11.4. The number of rotatable bonds is 2. The second-order valence-corrected chi connectivity index (χ2v) is 6.06. The van der Waals surface area contributed by atoms with Crippen LogP contribution in [0.2, 0.25) is 0 Å². The van der Waals surface area contributed by atoms with Crippen molar-refractivity contribution in [3.63, 3.8) is 0 Å². The maximum absolute atomic E-state index is 5.66. The number of aromatic nitrogens is 4. The van der Waals surface area contributed by atoms with Crippen molar-refractivity contribution in [3.8, 4) is 11.3 Å². The largest absolute Gasteiger partial charge is 0.428 e. The molecule has 0 bridgehead atoms. The first-order valence-corrected chi connectivity index (χ1v) is 8.11. The van der Waals surface area contributed by atoms with Gasteiger partial charge in [-0.25, -0.2) is 4.98 Å². The van der Waals surface area contributed by atoms with E-state index < -0.39 is 0 Å². The van der Waals surface area contributed by atoms with Crippen molar-refractivity contribution in [3.05, 3.63) is 66.1 Å². The predicted octanol–water partition coefficient (Wildman–Crippen LogP) is 3.45. The topological polar surface area (TPSA) is 82.2 Å². The van der Waals surface area contributed by atoms with Crippen molar-refractivity contribution >= 4 is 23.3 Å². The number of pyridine rings is 2. The molecule has 1 aliphatic carbocycles. The van der Waals surface area contributed by atoms with Crippen molar-refractivity contribution < 1.29 is 4.42 Å². The van der Waals surface area contributed by atoms with Gasteiger partial charge in [0.15, 0.2) is 0 Å². The average Bonchev–Trinajstić information content (AvgIpc) is 3.23. The summed E-state index contributed by atoms with van der Waals surface area (Å²) in [5.74, 6) is 0.863. The van der Waals surface area contributed by atoms with Gasteiger partial charge in [-0.05, 0) is 47.9 Å². The molecular formula is C19H15N5O. The summed E-state index contributed by atoms with van der Waals surface area (Å²) >= 11 is 0. The molecule has 25 heavy (non-hydrogen) atoms. The molecule has 6 nitrogen and oxygen atoms in total. The SMILES string of the molecule is Nc1nc2c(o1)CCC(c1ccc3ncc(-c4ccncc4)n3c1)=C2. The van der Waals surface area contributed by atoms with Crippen molar-refractivity contribution in [2.24, 2.45) is 0 Å². The van der Waals surface area contributed by atoms with E-state index in [9.17, 15) is 0 Å². The molecule has 2 N–H and O–H groups in total. The highest BCUT2D eigenvalue weighted by Gasteiger charge is 2.18. The molecule has 1 aliphatic rings. The Kier molecular flexibility index (Phi) is 2.97. The van der Waals surface area contributed by atoms with Crippen molar-refractivity contribution in [1.82, 2.24) is 19.4 Å². The van der Waals surface area contributed by atoms with Gasteiger partial charge in [-0.1, -0.05) is 0 Å². The maximum atomic E-state index is 5.66. The summed E-state index contributed by atoms with van der Waals surface area (Å²) < 4.78 is 7.54. The normalized spacial score (nSPS) is 13.7. The summed E-state index contributed by atoms with van der Waals surface area (Å²) in [6.45, 7) is 0. The molecule has 0 radical (unpaired) electrons. The highest BCUT2D eigenvalue weighted by Crippen LogP contribution is 2.32. The number of fused-ring (bicyclic) bond motifs is 2. The number of imidazole rings is 1. The molecule has 0 unspecified atom stereocenters. The Balaban J connectivity index is 1.63. The molecule has 0 aromatic carbocycles. The smallest absolute Gasteiger partial charge is 0.292 e. The first-order chi connectivity index (χ1) is 12.3. The lowest BCUT2D eigenvalue weighted by molar-refractivity contribution is 0.522. The number of aryl methyl sites for hydroxylation is 1. The van der Waals surface area contributed by atoms with Crippen LogP contribution in [0.15, 0.2) is 53.5 Å². The molecule has 0 spiro atoms. The van der Waals surface area contributed by atoms with Crippen LogP contribution in [0.4, 0.5) is 6.01 Å². The van der Waals surface area contributed by atoms with E-state index in [4.69, 9.17) is 10.2 Å². The molecule has 0 amide bonds. The summed E-state index contributed by atoms with van der Waals surface area (Å²) in [5.41, 5.74) is 11.9. The number of anilines is 1. The van der Waals surface area contributed by atoms with Crippen LogP contribution >= 0.6 is 0 Å². The summed E-state index contributed by atoms with van der Waals surface area (Å²) in [5, 5.41) is 0. The van der Waals surface area contributed by atoms with E-state index in [-0.39, 0.29) is 6.01 Å². The Hall–Kier alpha value is -3.41. The van der Waals surface area contributed by atoms with E-state index in [1.165, 1.54) is 5.57 Å². The van der Waals surface area contributed by atoms with Gasteiger partial charge < -0.3 is 10.2 Å². The Labute approximate surface area is 143 Å². The summed E-state index contributed by atoms with van der Waals surface area (Å²) in [7, 11) is 0. The van der Waals surface area contributed by atoms with E-state index in [0.29, 0.717) is 0 Å². The molecule has 0 saturated heterocycles. The number of allylic oxidation sites excluding steroid dienone is 1. The Morgan fingerprint density at radius 3 is 2.80 bits per heavy atom. The van der Waals surface area contributed by atoms with Crippen LogP contribution in [0.5, 0.6) is 0 Å². The minimum Gasteiger partial charge on any atom is -0.428 e. The van der Waals surface area contributed by atoms with Crippen molar-refractivity contribution in [2.75, 3.05) is 5.73 Å². The van der Waals surface area contributed by atoms with Gasteiger partial charge in [0.2, 0.25) is 0 Å². The number of oxazole rings is 1. The number of hydrogen-bond acceptors (Lipinski definition) is 5. The highest BCUT2D eigenvalue weighted by molar-refractivity contribution is 5.83. The van der Waals surface area contributed by atoms with Gasteiger partial charge in [-0.3, -0.25) is 9.38 Å². The van der Waals surface area contributed by atoms with Crippen LogP contribution in [-0.2, 0) is 6.42 Å². The Bertz CT molecular complexity index is 1110. The van der Waals surface area contributed by atoms with Gasteiger partial charge in [0.25, 0.3) is 6.01 Å². The van der Waals surface area contributed by atoms with Crippen LogP contribution in [0, 0.1) is 0 Å². The average molecular weight is 329 g/mol. The van der Waals surface area contributed by atoms with Gasteiger partial charge in [-0.2, -0.15) is 4.98 Å². The minimum absolute atomic E-state index is 0.229. The monoisotopic (exact) mass is 329 g/mol. The minimum atomic E-state index is 0.229. The molecule has 0 saturated carbocycles. The third-order valence-corrected chi connectivity index (χ3v) is 4.53. The zero-order valence-corrected chi connectivity index (χ0v) is 13.4. The Morgan fingerprint density at radius 1 is 1.04 bits per heavy atom. The fourth-order valence-corrected chi connectivity index (χ4v) is 3.29. The lowest BCUT2D eigenvalue weighted by atomic mass is 9.95. The maximum Gasteiger partial charge on any atom is 0.292 e. The van der Waals surface area contributed by atoms with E-state index >= 15 is 0 Å².